The third kappa shape index (κ3) is 4.60. The summed E-state index contributed by atoms with van der Waals surface area (Å²) in [4.78, 5) is 13.8. The molecule has 0 radical (unpaired) electrons. The second kappa shape index (κ2) is 8.97. The van der Waals surface area contributed by atoms with E-state index in [0.717, 1.165) is 30.3 Å². The van der Waals surface area contributed by atoms with Crippen LogP contribution in [0.25, 0.3) is 0 Å². The number of piperazine rings is 1. The lowest BCUT2D eigenvalue weighted by molar-refractivity contribution is 0.122. The number of rotatable bonds is 5. The lowest BCUT2D eigenvalue weighted by atomic mass is 10.2. The number of methoxy groups -OCH3 is 1. The third-order valence-electron chi connectivity index (χ3n) is 5.71. The largest absolute Gasteiger partial charge is 0.496 e. The number of sulfonamides is 1. The molecule has 2 aromatic rings. The molecule has 2 aliphatic rings. The lowest BCUT2D eigenvalue weighted by Gasteiger charge is -2.35. The Hall–Kier alpha value is -2.43. The molecule has 2 saturated heterocycles. The summed E-state index contributed by atoms with van der Waals surface area (Å²) in [5.41, 5.74) is 0.800. The Morgan fingerprint density at radius 3 is 2.10 bits per heavy atom. The van der Waals surface area contributed by atoms with Crippen molar-refractivity contribution in [1.82, 2.24) is 14.3 Å². The lowest BCUT2D eigenvalue weighted by Crippen LogP contribution is -2.49. The summed E-state index contributed by atoms with van der Waals surface area (Å²) < 4.78 is 38.5. The van der Waals surface area contributed by atoms with E-state index >= 15 is 0 Å². The molecule has 0 saturated carbocycles. The summed E-state index contributed by atoms with van der Waals surface area (Å²) in [7, 11) is -1.97. The van der Waals surface area contributed by atoms with Crippen molar-refractivity contribution in [1.29, 1.82) is 0 Å². The number of aryl methyl sites for hydroxylation is 2. The minimum absolute atomic E-state index is 0.298. The van der Waals surface area contributed by atoms with E-state index in [0.29, 0.717) is 55.9 Å². The van der Waals surface area contributed by atoms with E-state index in [2.05, 4.69) is 19.8 Å². The Morgan fingerprint density at radius 2 is 1.52 bits per heavy atom. The maximum atomic E-state index is 13.1. The van der Waals surface area contributed by atoms with E-state index in [1.165, 1.54) is 0 Å². The number of aromatic nitrogens is 2. The maximum Gasteiger partial charge on any atom is 0.243 e. The molecule has 0 unspecified atom stereocenters. The van der Waals surface area contributed by atoms with E-state index in [1.54, 1.807) is 29.6 Å². The van der Waals surface area contributed by atoms with Gasteiger partial charge in [-0.2, -0.15) is 4.31 Å². The van der Waals surface area contributed by atoms with Crippen molar-refractivity contribution in [2.24, 2.45) is 0 Å². The average molecular weight is 448 g/mol. The predicted molar refractivity (Wildman–Crippen MR) is 119 cm³/mol. The molecule has 168 valence electrons. The van der Waals surface area contributed by atoms with Gasteiger partial charge in [-0.05, 0) is 37.6 Å². The molecule has 31 heavy (non-hydrogen) atoms. The van der Waals surface area contributed by atoms with E-state index in [9.17, 15) is 8.42 Å². The van der Waals surface area contributed by atoms with Crippen LogP contribution in [-0.2, 0) is 14.8 Å². The van der Waals surface area contributed by atoms with Gasteiger partial charge in [0.25, 0.3) is 0 Å². The van der Waals surface area contributed by atoms with Crippen LogP contribution in [0.15, 0.2) is 29.2 Å². The topological polar surface area (TPSA) is 88.1 Å². The molecule has 3 heterocycles. The first-order valence-corrected chi connectivity index (χ1v) is 11.9. The van der Waals surface area contributed by atoms with E-state index in [4.69, 9.17) is 9.47 Å². The van der Waals surface area contributed by atoms with Gasteiger partial charge in [-0.1, -0.05) is 0 Å². The summed E-state index contributed by atoms with van der Waals surface area (Å²) in [5.74, 6) is 3.13. The maximum absolute atomic E-state index is 13.1. The first kappa shape index (κ1) is 21.8. The Morgan fingerprint density at radius 1 is 0.903 bits per heavy atom. The van der Waals surface area contributed by atoms with Gasteiger partial charge in [-0.3, -0.25) is 0 Å². The summed E-state index contributed by atoms with van der Waals surface area (Å²) in [5, 5.41) is 0. The van der Waals surface area contributed by atoms with Crippen molar-refractivity contribution in [3.63, 3.8) is 0 Å². The summed E-state index contributed by atoms with van der Waals surface area (Å²) >= 11 is 0. The number of morpholine rings is 1. The Bertz CT molecular complexity index is 1030. The van der Waals surface area contributed by atoms with Gasteiger partial charge in [0.2, 0.25) is 10.0 Å². The highest BCUT2D eigenvalue weighted by atomic mass is 32.2. The molecule has 0 amide bonds. The Labute approximate surface area is 183 Å². The van der Waals surface area contributed by atoms with Gasteiger partial charge in [0.1, 0.15) is 23.2 Å². The van der Waals surface area contributed by atoms with Crippen molar-refractivity contribution in [3.8, 4) is 5.75 Å². The smallest absolute Gasteiger partial charge is 0.243 e. The molecule has 0 N–H and O–H groups in total. The van der Waals surface area contributed by atoms with Crippen molar-refractivity contribution >= 4 is 21.7 Å². The van der Waals surface area contributed by atoms with Crippen LogP contribution in [0.2, 0.25) is 0 Å². The molecule has 0 atom stereocenters. The molecule has 2 aliphatic heterocycles. The first-order valence-electron chi connectivity index (χ1n) is 10.5. The minimum Gasteiger partial charge on any atom is -0.496 e. The molecule has 0 bridgehead atoms. The number of benzene rings is 1. The van der Waals surface area contributed by atoms with Gasteiger partial charge < -0.3 is 19.3 Å². The standard InChI is InChI=1S/C21H29N5O4S/c1-16-14-18(4-5-19(16)29-3)31(27,28)26-8-6-24(7-9-26)20-15-21(23-17(2)22-20)25-10-12-30-13-11-25/h4-5,14-15H,6-13H2,1-3H3. The first-order chi connectivity index (χ1) is 14.9. The zero-order valence-electron chi connectivity index (χ0n) is 18.2. The molecule has 0 spiro atoms. The fourth-order valence-electron chi connectivity index (χ4n) is 3.97. The Kier molecular flexibility index (Phi) is 6.31. The summed E-state index contributed by atoms with van der Waals surface area (Å²) in [6.07, 6.45) is 0. The minimum atomic E-state index is -3.55. The predicted octanol–water partition coefficient (Wildman–Crippen LogP) is 1.45. The van der Waals surface area contributed by atoms with E-state index < -0.39 is 10.0 Å². The quantitative estimate of drug-likeness (QED) is 0.681. The molecule has 2 fully saturated rings. The van der Waals surface area contributed by atoms with E-state index in [-0.39, 0.29) is 0 Å². The second-order valence-electron chi connectivity index (χ2n) is 7.75. The molecule has 1 aromatic heterocycles. The van der Waals surface area contributed by atoms with Crippen LogP contribution in [0.5, 0.6) is 5.75 Å². The average Bonchev–Trinajstić information content (AvgIpc) is 2.79. The highest BCUT2D eigenvalue weighted by Gasteiger charge is 2.30. The molecular formula is C21H29N5O4S. The highest BCUT2D eigenvalue weighted by molar-refractivity contribution is 7.89. The van der Waals surface area contributed by atoms with Crippen LogP contribution in [0.3, 0.4) is 0 Å². The zero-order valence-corrected chi connectivity index (χ0v) is 19.1. The van der Waals surface area contributed by atoms with Gasteiger partial charge in [0.15, 0.2) is 0 Å². The van der Waals surface area contributed by atoms with Crippen molar-refractivity contribution < 1.29 is 17.9 Å². The summed E-state index contributed by atoms with van der Waals surface area (Å²) in [6.45, 7) is 8.71. The normalized spacial score (nSPS) is 18.3. The molecule has 4 rings (SSSR count). The van der Waals surface area contributed by atoms with Crippen LogP contribution in [0, 0.1) is 13.8 Å². The van der Waals surface area contributed by atoms with Crippen LogP contribution in [0.1, 0.15) is 11.4 Å². The van der Waals surface area contributed by atoms with Crippen LogP contribution < -0.4 is 14.5 Å². The van der Waals surface area contributed by atoms with E-state index in [1.807, 2.05) is 19.9 Å². The number of anilines is 2. The van der Waals surface area contributed by atoms with Crippen molar-refractivity contribution in [2.45, 2.75) is 18.7 Å². The highest BCUT2D eigenvalue weighted by Crippen LogP contribution is 2.26. The van der Waals surface area contributed by atoms with Gasteiger partial charge in [0, 0.05) is 45.3 Å². The fraction of sp³-hybridized carbons (Fsp3) is 0.524. The molecule has 9 nitrogen and oxygen atoms in total. The molecule has 1 aromatic carbocycles. The Balaban J connectivity index is 1.47. The van der Waals surface area contributed by atoms with Gasteiger partial charge in [-0.25, -0.2) is 18.4 Å². The van der Waals surface area contributed by atoms with Gasteiger partial charge >= 0.3 is 0 Å². The summed E-state index contributed by atoms with van der Waals surface area (Å²) in [6, 6.07) is 6.98. The fourth-order valence-corrected chi connectivity index (χ4v) is 5.48. The van der Waals surface area contributed by atoms with Crippen molar-refractivity contribution in [2.75, 3.05) is 69.4 Å². The van der Waals surface area contributed by atoms with Gasteiger partial charge in [-0.15, -0.1) is 0 Å². The third-order valence-corrected chi connectivity index (χ3v) is 7.61. The van der Waals surface area contributed by atoms with Crippen molar-refractivity contribution in [3.05, 3.63) is 35.7 Å². The second-order valence-corrected chi connectivity index (χ2v) is 9.69. The van der Waals surface area contributed by atoms with Crippen LogP contribution in [0.4, 0.5) is 11.6 Å². The van der Waals surface area contributed by atoms with Gasteiger partial charge in [0.05, 0.1) is 25.2 Å². The number of ether oxygens (including phenoxy) is 2. The monoisotopic (exact) mass is 447 g/mol. The van der Waals surface area contributed by atoms with Crippen LogP contribution in [-0.4, -0.2) is 82.3 Å². The molecular weight excluding hydrogens is 418 g/mol. The number of nitrogens with zero attached hydrogens (tertiary/aromatic N) is 5. The number of hydrogen-bond donors (Lipinski definition) is 0. The SMILES string of the molecule is COc1ccc(S(=O)(=O)N2CCN(c3cc(N4CCOCC4)nc(C)n3)CC2)cc1C. The zero-order chi connectivity index (χ0) is 22.0. The molecule has 10 heteroatoms. The van der Waals surface area contributed by atoms with Crippen LogP contribution >= 0.6 is 0 Å². The number of hydrogen-bond acceptors (Lipinski definition) is 8. The molecule has 0 aliphatic carbocycles.